The molecule has 0 aliphatic carbocycles. The number of carbonyl (C=O) groups is 1. The number of thioether (sulfide) groups is 1. The topological polar surface area (TPSA) is 72.1 Å². The number of carbonyl (C=O) groups excluding carboxylic acids is 1. The van der Waals surface area contributed by atoms with Gasteiger partial charge in [0, 0.05) is 19.2 Å². The van der Waals surface area contributed by atoms with Crippen molar-refractivity contribution in [3.8, 4) is 0 Å². The Bertz CT molecular complexity index is 379. The summed E-state index contributed by atoms with van der Waals surface area (Å²) in [5.41, 5.74) is 5.09. The number of aromatic nitrogens is 2. The van der Waals surface area contributed by atoms with Crippen molar-refractivity contribution in [2.24, 2.45) is 5.73 Å². The molecule has 0 unspecified atom stereocenters. The van der Waals surface area contributed by atoms with Crippen LogP contribution in [0, 0.1) is 0 Å². The molecule has 0 aromatic carbocycles. The second-order valence-corrected chi connectivity index (χ2v) is 4.66. The van der Waals surface area contributed by atoms with Crippen LogP contribution in [-0.4, -0.2) is 34.7 Å². The summed E-state index contributed by atoms with van der Waals surface area (Å²) in [4.78, 5) is 21.2. The second kappa shape index (κ2) is 5.16. The Morgan fingerprint density at radius 2 is 2.19 bits per heavy atom. The van der Waals surface area contributed by atoms with Gasteiger partial charge in [-0.3, -0.25) is 4.79 Å². The lowest BCUT2D eigenvalue weighted by Crippen LogP contribution is -2.19. The number of hydrogen-bond acceptors (Lipinski definition) is 5. The van der Waals surface area contributed by atoms with E-state index in [9.17, 15) is 4.79 Å². The monoisotopic (exact) mass is 238 g/mol. The summed E-state index contributed by atoms with van der Waals surface area (Å²) in [7, 11) is 0. The number of rotatable bonds is 4. The zero-order chi connectivity index (χ0) is 11.4. The van der Waals surface area contributed by atoms with Crippen LogP contribution in [0.15, 0.2) is 17.4 Å². The largest absolute Gasteiger partial charge is 0.369 e. The minimum Gasteiger partial charge on any atom is -0.369 e. The third kappa shape index (κ3) is 2.85. The fourth-order valence-corrected chi connectivity index (χ4v) is 2.27. The fraction of sp³-hybridized carbons (Fsp3) is 0.500. The lowest BCUT2D eigenvalue weighted by Gasteiger charge is -2.15. The van der Waals surface area contributed by atoms with Crippen LogP contribution < -0.4 is 10.6 Å². The first-order valence-electron chi connectivity index (χ1n) is 5.24. The molecule has 1 fully saturated rings. The molecular formula is C10H14N4OS. The van der Waals surface area contributed by atoms with Gasteiger partial charge < -0.3 is 10.6 Å². The minimum absolute atomic E-state index is 0.260. The number of amides is 1. The molecule has 1 aromatic rings. The Balaban J connectivity index is 2.03. The molecule has 1 aliphatic heterocycles. The Labute approximate surface area is 98.4 Å². The number of nitrogens with two attached hydrogens (primary N) is 1. The molecule has 2 N–H and O–H groups in total. The van der Waals surface area contributed by atoms with Crippen molar-refractivity contribution in [2.75, 3.05) is 23.7 Å². The highest BCUT2D eigenvalue weighted by atomic mass is 32.2. The molecule has 1 aliphatic rings. The molecule has 1 amide bonds. The van der Waals surface area contributed by atoms with Crippen LogP contribution in [0.3, 0.4) is 0 Å². The van der Waals surface area contributed by atoms with Gasteiger partial charge in [-0.15, -0.1) is 0 Å². The van der Waals surface area contributed by atoms with Crippen molar-refractivity contribution >= 4 is 23.5 Å². The molecule has 6 heteroatoms. The molecule has 5 nitrogen and oxygen atoms in total. The number of primary amides is 1. The third-order valence-corrected chi connectivity index (χ3v) is 3.37. The van der Waals surface area contributed by atoms with E-state index in [0.717, 1.165) is 23.9 Å². The average Bonchev–Trinajstić information content (AvgIpc) is 2.80. The van der Waals surface area contributed by atoms with Crippen molar-refractivity contribution in [1.29, 1.82) is 0 Å². The molecule has 0 spiro atoms. The first kappa shape index (κ1) is 11.2. The molecule has 2 heterocycles. The molecule has 0 bridgehead atoms. The summed E-state index contributed by atoms with van der Waals surface area (Å²) in [6.45, 7) is 2.11. The van der Waals surface area contributed by atoms with E-state index >= 15 is 0 Å². The summed E-state index contributed by atoms with van der Waals surface area (Å²) < 4.78 is 0. The third-order valence-electron chi connectivity index (χ3n) is 2.42. The molecule has 0 radical (unpaired) electrons. The molecule has 1 aromatic heterocycles. The fourth-order valence-electron chi connectivity index (χ4n) is 1.67. The van der Waals surface area contributed by atoms with Gasteiger partial charge >= 0.3 is 0 Å². The first-order chi connectivity index (χ1) is 7.75. The van der Waals surface area contributed by atoms with Crippen LogP contribution >= 0.6 is 11.8 Å². The van der Waals surface area contributed by atoms with E-state index in [4.69, 9.17) is 5.73 Å². The Morgan fingerprint density at radius 3 is 2.88 bits per heavy atom. The molecule has 0 atom stereocenters. The predicted molar refractivity (Wildman–Crippen MR) is 63.4 cm³/mol. The van der Waals surface area contributed by atoms with Gasteiger partial charge in [-0.25, -0.2) is 9.97 Å². The normalized spacial score (nSPS) is 15.4. The molecule has 86 valence electrons. The highest BCUT2D eigenvalue weighted by Crippen LogP contribution is 2.22. The van der Waals surface area contributed by atoms with Crippen LogP contribution in [0.4, 0.5) is 5.82 Å². The Morgan fingerprint density at radius 1 is 1.44 bits per heavy atom. The van der Waals surface area contributed by atoms with Crippen molar-refractivity contribution in [2.45, 2.75) is 17.9 Å². The number of anilines is 1. The zero-order valence-electron chi connectivity index (χ0n) is 8.93. The maximum atomic E-state index is 10.7. The SMILES string of the molecule is NC(=O)CSc1cc(N2CCCC2)ncn1. The van der Waals surface area contributed by atoms with Crippen molar-refractivity contribution < 1.29 is 4.79 Å². The molecule has 16 heavy (non-hydrogen) atoms. The van der Waals surface area contributed by atoms with Crippen LogP contribution in [0.1, 0.15) is 12.8 Å². The van der Waals surface area contributed by atoms with Crippen molar-refractivity contribution in [3.05, 3.63) is 12.4 Å². The minimum atomic E-state index is -0.327. The van der Waals surface area contributed by atoms with E-state index in [1.807, 2.05) is 6.07 Å². The maximum Gasteiger partial charge on any atom is 0.227 e. The van der Waals surface area contributed by atoms with Crippen LogP contribution in [0.25, 0.3) is 0 Å². The van der Waals surface area contributed by atoms with Gasteiger partial charge in [0.25, 0.3) is 0 Å². The van der Waals surface area contributed by atoms with E-state index < -0.39 is 0 Å². The number of nitrogens with zero attached hydrogens (tertiary/aromatic N) is 3. The summed E-state index contributed by atoms with van der Waals surface area (Å²) in [5, 5.41) is 0.802. The predicted octanol–water partition coefficient (Wildman–Crippen LogP) is 0.654. The van der Waals surface area contributed by atoms with Crippen LogP contribution in [-0.2, 0) is 4.79 Å². The van der Waals surface area contributed by atoms with Crippen molar-refractivity contribution in [3.63, 3.8) is 0 Å². The average molecular weight is 238 g/mol. The van der Waals surface area contributed by atoms with Gasteiger partial charge in [-0.1, -0.05) is 11.8 Å². The lowest BCUT2D eigenvalue weighted by atomic mass is 10.4. The van der Waals surface area contributed by atoms with E-state index in [1.54, 1.807) is 0 Å². The molecule has 1 saturated heterocycles. The summed E-state index contributed by atoms with van der Waals surface area (Å²) in [5.74, 6) is 0.877. The standard InChI is InChI=1S/C10H14N4OS/c11-8(15)6-16-10-5-9(12-7-13-10)14-3-1-2-4-14/h5,7H,1-4,6H2,(H2,11,15). The van der Waals surface area contributed by atoms with Crippen LogP contribution in [0.5, 0.6) is 0 Å². The zero-order valence-corrected chi connectivity index (χ0v) is 9.74. The van der Waals surface area contributed by atoms with Gasteiger partial charge in [0.15, 0.2) is 0 Å². The molecule has 0 saturated carbocycles. The number of hydrogen-bond donors (Lipinski definition) is 1. The van der Waals surface area contributed by atoms with Crippen LogP contribution in [0.2, 0.25) is 0 Å². The Hall–Kier alpha value is -1.30. The van der Waals surface area contributed by atoms with Crippen molar-refractivity contribution in [1.82, 2.24) is 9.97 Å². The maximum absolute atomic E-state index is 10.7. The summed E-state index contributed by atoms with van der Waals surface area (Å²) in [6, 6.07) is 1.92. The van der Waals surface area contributed by atoms with E-state index in [1.165, 1.54) is 30.9 Å². The lowest BCUT2D eigenvalue weighted by molar-refractivity contribution is -0.115. The molecule has 2 rings (SSSR count). The first-order valence-corrected chi connectivity index (χ1v) is 6.22. The van der Waals surface area contributed by atoms with E-state index in [2.05, 4.69) is 14.9 Å². The Kier molecular flexibility index (Phi) is 3.61. The smallest absolute Gasteiger partial charge is 0.227 e. The summed E-state index contributed by atoms with van der Waals surface area (Å²) >= 11 is 1.35. The van der Waals surface area contributed by atoms with Gasteiger partial charge in [0.1, 0.15) is 17.2 Å². The summed E-state index contributed by atoms with van der Waals surface area (Å²) in [6.07, 6.45) is 3.97. The highest BCUT2D eigenvalue weighted by molar-refractivity contribution is 7.99. The van der Waals surface area contributed by atoms with Gasteiger partial charge in [0.05, 0.1) is 5.75 Å². The van der Waals surface area contributed by atoms with Gasteiger partial charge in [-0.2, -0.15) is 0 Å². The second-order valence-electron chi connectivity index (χ2n) is 3.66. The highest BCUT2D eigenvalue weighted by Gasteiger charge is 2.14. The van der Waals surface area contributed by atoms with Gasteiger partial charge in [-0.05, 0) is 12.8 Å². The van der Waals surface area contributed by atoms with Gasteiger partial charge in [0.2, 0.25) is 5.91 Å². The molecular weight excluding hydrogens is 224 g/mol. The van der Waals surface area contributed by atoms with E-state index in [0.29, 0.717) is 0 Å². The van der Waals surface area contributed by atoms with E-state index in [-0.39, 0.29) is 11.7 Å². The quantitative estimate of drug-likeness (QED) is 0.616.